The number of benzene rings is 1. The van der Waals surface area contributed by atoms with Gasteiger partial charge in [-0.2, -0.15) is 0 Å². The molecule has 0 aromatic heterocycles. The first-order valence-corrected chi connectivity index (χ1v) is 4.99. The molecule has 0 aliphatic carbocycles. The Morgan fingerprint density at radius 3 is 2.69 bits per heavy atom. The van der Waals surface area contributed by atoms with E-state index in [4.69, 9.17) is 11.6 Å². The first-order valence-electron chi connectivity index (χ1n) is 4.61. The van der Waals surface area contributed by atoms with Crippen LogP contribution >= 0.6 is 11.6 Å². The van der Waals surface area contributed by atoms with Crippen molar-refractivity contribution in [1.82, 2.24) is 0 Å². The zero-order valence-corrected chi connectivity index (χ0v) is 9.15. The molecule has 0 amide bonds. The molecule has 70 valence electrons. The second-order valence-electron chi connectivity index (χ2n) is 3.10. The number of allylic oxidation sites excluding steroid dienone is 2. The summed E-state index contributed by atoms with van der Waals surface area (Å²) in [6, 6.07) is 6.09. The van der Waals surface area contributed by atoms with Crippen molar-refractivity contribution in [3.63, 3.8) is 0 Å². The van der Waals surface area contributed by atoms with Crippen LogP contribution in [-0.4, -0.2) is 0 Å². The zero-order valence-electron chi connectivity index (χ0n) is 8.39. The van der Waals surface area contributed by atoms with Gasteiger partial charge < -0.3 is 0 Å². The fourth-order valence-corrected chi connectivity index (χ4v) is 1.79. The molecule has 0 heterocycles. The fourth-order valence-electron chi connectivity index (χ4n) is 1.45. The molecule has 0 aliphatic rings. The van der Waals surface area contributed by atoms with Crippen LogP contribution in [0.1, 0.15) is 31.9 Å². The molecule has 0 fully saturated rings. The molecule has 0 atom stereocenters. The van der Waals surface area contributed by atoms with Crippen LogP contribution in [0.3, 0.4) is 0 Å². The van der Waals surface area contributed by atoms with E-state index in [1.54, 1.807) is 0 Å². The minimum Gasteiger partial charge on any atom is -0.0841 e. The topological polar surface area (TPSA) is 0 Å². The van der Waals surface area contributed by atoms with Crippen molar-refractivity contribution < 1.29 is 0 Å². The summed E-state index contributed by atoms with van der Waals surface area (Å²) in [6.07, 6.45) is 3.13. The molecule has 1 aromatic rings. The van der Waals surface area contributed by atoms with Gasteiger partial charge in [0.15, 0.2) is 0 Å². The van der Waals surface area contributed by atoms with E-state index in [1.165, 1.54) is 16.7 Å². The smallest absolute Gasteiger partial charge is 0.0483 e. The Balaban J connectivity index is 3.31. The van der Waals surface area contributed by atoms with Crippen LogP contribution in [0.2, 0.25) is 5.02 Å². The van der Waals surface area contributed by atoms with E-state index >= 15 is 0 Å². The molecule has 1 aromatic carbocycles. The third kappa shape index (κ3) is 2.13. The summed E-state index contributed by atoms with van der Waals surface area (Å²) in [5, 5.41) is 0.856. The number of rotatable bonds is 2. The van der Waals surface area contributed by atoms with Gasteiger partial charge in [-0.3, -0.25) is 0 Å². The standard InChI is InChI=1S/C12H15Cl/c1-4-9(3)12-10(5-2)7-6-8-11(12)13/h4,6-8H,5H2,1-3H3/b9-4+. The van der Waals surface area contributed by atoms with E-state index in [0.717, 1.165) is 11.4 Å². The normalized spacial score (nSPS) is 11.8. The van der Waals surface area contributed by atoms with E-state index in [9.17, 15) is 0 Å². The van der Waals surface area contributed by atoms with Crippen molar-refractivity contribution in [1.29, 1.82) is 0 Å². The fraction of sp³-hybridized carbons (Fsp3) is 0.333. The van der Waals surface area contributed by atoms with Crippen LogP contribution in [0.15, 0.2) is 24.3 Å². The number of hydrogen-bond donors (Lipinski definition) is 0. The summed E-state index contributed by atoms with van der Waals surface area (Å²) in [6.45, 7) is 6.29. The average Bonchev–Trinajstić information content (AvgIpc) is 2.16. The highest BCUT2D eigenvalue weighted by Crippen LogP contribution is 2.27. The monoisotopic (exact) mass is 194 g/mol. The Labute approximate surface area is 85.2 Å². The number of hydrogen-bond acceptors (Lipinski definition) is 0. The first kappa shape index (κ1) is 10.3. The van der Waals surface area contributed by atoms with Crippen molar-refractivity contribution in [2.24, 2.45) is 0 Å². The second-order valence-corrected chi connectivity index (χ2v) is 3.51. The Kier molecular flexibility index (Phi) is 3.56. The lowest BCUT2D eigenvalue weighted by molar-refractivity contribution is 1.13. The third-order valence-electron chi connectivity index (χ3n) is 2.31. The summed E-state index contributed by atoms with van der Waals surface area (Å²) in [4.78, 5) is 0. The van der Waals surface area contributed by atoms with Crippen LogP contribution in [0, 0.1) is 0 Å². The maximum atomic E-state index is 6.14. The van der Waals surface area contributed by atoms with Gasteiger partial charge in [0, 0.05) is 5.02 Å². The predicted molar refractivity (Wildman–Crippen MR) is 60.2 cm³/mol. The van der Waals surface area contributed by atoms with Crippen LogP contribution < -0.4 is 0 Å². The van der Waals surface area contributed by atoms with E-state index in [0.29, 0.717) is 0 Å². The molecule has 0 spiro atoms. The molecule has 0 saturated heterocycles. The van der Waals surface area contributed by atoms with Gasteiger partial charge in [0.1, 0.15) is 0 Å². The van der Waals surface area contributed by atoms with Gasteiger partial charge in [0.05, 0.1) is 0 Å². The van der Waals surface area contributed by atoms with Crippen molar-refractivity contribution in [3.05, 3.63) is 40.4 Å². The Morgan fingerprint density at radius 1 is 1.46 bits per heavy atom. The molecular weight excluding hydrogens is 180 g/mol. The molecule has 13 heavy (non-hydrogen) atoms. The number of aryl methyl sites for hydroxylation is 1. The Hall–Kier alpha value is -0.750. The molecule has 1 heteroatoms. The molecule has 1 rings (SSSR count). The summed E-state index contributed by atoms with van der Waals surface area (Å²) < 4.78 is 0. The summed E-state index contributed by atoms with van der Waals surface area (Å²) in [5.41, 5.74) is 3.78. The van der Waals surface area contributed by atoms with Crippen molar-refractivity contribution in [2.75, 3.05) is 0 Å². The lowest BCUT2D eigenvalue weighted by Crippen LogP contribution is -1.90. The largest absolute Gasteiger partial charge is 0.0841 e. The molecule has 0 bridgehead atoms. The summed E-state index contributed by atoms with van der Waals surface area (Å²) in [7, 11) is 0. The molecule has 0 aliphatic heterocycles. The highest BCUT2D eigenvalue weighted by Gasteiger charge is 2.05. The SMILES string of the molecule is C/C=C(\C)c1c(Cl)cccc1CC. The minimum atomic E-state index is 0.856. The van der Waals surface area contributed by atoms with Crippen LogP contribution in [0.25, 0.3) is 5.57 Å². The van der Waals surface area contributed by atoms with Crippen LogP contribution in [0.5, 0.6) is 0 Å². The molecule has 0 saturated carbocycles. The lowest BCUT2D eigenvalue weighted by atomic mass is 9.99. The maximum Gasteiger partial charge on any atom is 0.0483 e. The van der Waals surface area contributed by atoms with Crippen molar-refractivity contribution in [3.8, 4) is 0 Å². The summed E-state index contributed by atoms with van der Waals surface area (Å²) >= 11 is 6.14. The lowest BCUT2D eigenvalue weighted by Gasteiger charge is -2.09. The van der Waals surface area contributed by atoms with Gasteiger partial charge in [0.2, 0.25) is 0 Å². The van der Waals surface area contributed by atoms with E-state index in [-0.39, 0.29) is 0 Å². The van der Waals surface area contributed by atoms with Crippen LogP contribution in [0.4, 0.5) is 0 Å². The highest BCUT2D eigenvalue weighted by atomic mass is 35.5. The Bertz CT molecular complexity index is 324. The second kappa shape index (κ2) is 4.48. The van der Waals surface area contributed by atoms with E-state index in [2.05, 4.69) is 26.0 Å². The molecule has 0 radical (unpaired) electrons. The van der Waals surface area contributed by atoms with Gasteiger partial charge in [-0.1, -0.05) is 36.7 Å². The third-order valence-corrected chi connectivity index (χ3v) is 2.62. The van der Waals surface area contributed by atoms with Gasteiger partial charge in [-0.05, 0) is 43.0 Å². The van der Waals surface area contributed by atoms with E-state index in [1.807, 2.05) is 19.1 Å². The summed E-state index contributed by atoms with van der Waals surface area (Å²) in [5.74, 6) is 0. The molecule has 0 N–H and O–H groups in total. The van der Waals surface area contributed by atoms with Gasteiger partial charge in [0.25, 0.3) is 0 Å². The highest BCUT2D eigenvalue weighted by molar-refractivity contribution is 6.32. The molecule has 0 nitrogen and oxygen atoms in total. The van der Waals surface area contributed by atoms with Crippen LogP contribution in [-0.2, 0) is 6.42 Å². The molecular formula is C12H15Cl. The molecule has 0 unspecified atom stereocenters. The quantitative estimate of drug-likeness (QED) is 0.658. The average molecular weight is 195 g/mol. The predicted octanol–water partition coefficient (Wildman–Crippen LogP) is 4.33. The number of halogens is 1. The van der Waals surface area contributed by atoms with Crippen molar-refractivity contribution in [2.45, 2.75) is 27.2 Å². The maximum absolute atomic E-state index is 6.14. The zero-order chi connectivity index (χ0) is 9.84. The van der Waals surface area contributed by atoms with E-state index < -0.39 is 0 Å². The van der Waals surface area contributed by atoms with Gasteiger partial charge >= 0.3 is 0 Å². The van der Waals surface area contributed by atoms with Crippen molar-refractivity contribution >= 4 is 17.2 Å². The first-order chi connectivity index (χ1) is 6.20. The van der Waals surface area contributed by atoms with Gasteiger partial charge in [-0.15, -0.1) is 0 Å². The Morgan fingerprint density at radius 2 is 2.15 bits per heavy atom. The minimum absolute atomic E-state index is 0.856. The van der Waals surface area contributed by atoms with Gasteiger partial charge in [-0.25, -0.2) is 0 Å².